The number of rotatable bonds is 9. The molecule has 1 atom stereocenters. The fourth-order valence-electron chi connectivity index (χ4n) is 1.96. The zero-order valence-electron chi connectivity index (χ0n) is 12.3. The van der Waals surface area contributed by atoms with E-state index < -0.39 is 12.0 Å². The Labute approximate surface area is 139 Å². The third-order valence-electron chi connectivity index (χ3n) is 3.00. The summed E-state index contributed by atoms with van der Waals surface area (Å²) in [7, 11) is 1.59. The number of nitrogens with one attached hydrogen (secondary N) is 1. The largest absolute Gasteiger partial charge is 0.480 e. The van der Waals surface area contributed by atoms with Crippen molar-refractivity contribution < 1.29 is 19.4 Å². The second kappa shape index (κ2) is 9.66. The maximum atomic E-state index is 11.8. The summed E-state index contributed by atoms with van der Waals surface area (Å²) in [5.74, 6) is -1.39. The molecule has 0 bridgehead atoms. The summed E-state index contributed by atoms with van der Waals surface area (Å²) in [6.45, 7) is 0.580. The van der Waals surface area contributed by atoms with E-state index in [1.165, 1.54) is 0 Å². The quantitative estimate of drug-likeness (QED) is 0.673. The normalized spacial score (nSPS) is 12.0. The molecule has 1 amide bonds. The first-order chi connectivity index (χ1) is 10.4. The number of methoxy groups -OCH3 is 1. The van der Waals surface area contributed by atoms with Crippen molar-refractivity contribution in [3.05, 3.63) is 33.8 Å². The number of unbranched alkanes of at least 4 members (excludes halogenated alkanes) is 1. The molecule has 1 rings (SSSR count). The first kappa shape index (κ1) is 18.7. The molecular formula is C15H19Cl2NO4. The van der Waals surface area contributed by atoms with Crippen LogP contribution in [0.1, 0.15) is 24.8 Å². The van der Waals surface area contributed by atoms with Gasteiger partial charge in [-0.3, -0.25) is 4.79 Å². The molecule has 0 saturated heterocycles. The van der Waals surface area contributed by atoms with E-state index in [0.717, 1.165) is 6.42 Å². The number of carboxylic acids is 1. The zero-order valence-corrected chi connectivity index (χ0v) is 13.8. The molecule has 0 aliphatic rings. The molecule has 1 unspecified atom stereocenters. The third kappa shape index (κ3) is 7.11. The van der Waals surface area contributed by atoms with Crippen molar-refractivity contribution in [3.63, 3.8) is 0 Å². The lowest BCUT2D eigenvalue weighted by Crippen LogP contribution is -2.42. The molecule has 0 aromatic heterocycles. The summed E-state index contributed by atoms with van der Waals surface area (Å²) in [6, 6.07) is 3.82. The molecule has 0 aliphatic carbocycles. The van der Waals surface area contributed by atoms with E-state index in [-0.39, 0.29) is 18.7 Å². The molecular weight excluding hydrogens is 329 g/mol. The van der Waals surface area contributed by atoms with Crippen LogP contribution in [0.3, 0.4) is 0 Å². The van der Waals surface area contributed by atoms with Crippen molar-refractivity contribution >= 4 is 35.1 Å². The van der Waals surface area contributed by atoms with Crippen LogP contribution in [0.2, 0.25) is 10.0 Å². The minimum absolute atomic E-state index is 0.124. The number of hydrogen-bond donors (Lipinski definition) is 2. The van der Waals surface area contributed by atoms with Gasteiger partial charge < -0.3 is 15.2 Å². The molecule has 0 radical (unpaired) electrons. The van der Waals surface area contributed by atoms with Gasteiger partial charge in [-0.05, 0) is 36.6 Å². The minimum atomic E-state index is -1.10. The Hall–Kier alpha value is -1.30. The summed E-state index contributed by atoms with van der Waals surface area (Å²) in [6.07, 6.45) is 1.80. The predicted molar refractivity (Wildman–Crippen MR) is 85.5 cm³/mol. The highest BCUT2D eigenvalue weighted by molar-refractivity contribution is 6.34. The first-order valence-electron chi connectivity index (χ1n) is 6.88. The standard InChI is InChI=1S/C15H19Cl2NO4/c1-22-5-3-2-4-14(19)18-13(15(20)21)8-10-6-11(16)9-12(17)7-10/h6-7,9,13H,2-5,8H2,1H3,(H,18,19)(H,20,21). The monoisotopic (exact) mass is 347 g/mol. The van der Waals surface area contributed by atoms with Gasteiger partial charge in [0, 0.05) is 36.6 Å². The van der Waals surface area contributed by atoms with E-state index in [1.807, 2.05) is 0 Å². The molecule has 0 fully saturated rings. The Bertz CT molecular complexity index is 502. The molecule has 0 spiro atoms. The van der Waals surface area contributed by atoms with Crippen LogP contribution in [-0.4, -0.2) is 36.7 Å². The van der Waals surface area contributed by atoms with Gasteiger partial charge in [-0.1, -0.05) is 23.2 Å². The second-order valence-electron chi connectivity index (χ2n) is 4.89. The van der Waals surface area contributed by atoms with Crippen LogP contribution in [0.25, 0.3) is 0 Å². The summed E-state index contributed by atoms with van der Waals surface area (Å²) in [5.41, 5.74) is 0.657. The van der Waals surface area contributed by atoms with Crippen molar-refractivity contribution in [2.45, 2.75) is 31.7 Å². The van der Waals surface area contributed by atoms with Gasteiger partial charge in [-0.2, -0.15) is 0 Å². The number of carbonyl (C=O) groups is 2. The average molecular weight is 348 g/mol. The van der Waals surface area contributed by atoms with Gasteiger partial charge in [-0.25, -0.2) is 4.79 Å². The van der Waals surface area contributed by atoms with E-state index in [4.69, 9.17) is 27.9 Å². The summed E-state index contributed by atoms with van der Waals surface area (Å²) in [5, 5.41) is 12.6. The summed E-state index contributed by atoms with van der Waals surface area (Å²) in [4.78, 5) is 23.1. The number of carbonyl (C=O) groups excluding carboxylic acids is 1. The van der Waals surface area contributed by atoms with Gasteiger partial charge in [-0.15, -0.1) is 0 Å². The molecule has 0 saturated carbocycles. The van der Waals surface area contributed by atoms with Crippen LogP contribution < -0.4 is 5.32 Å². The number of aliphatic carboxylic acids is 1. The average Bonchev–Trinajstić information content (AvgIpc) is 2.41. The van der Waals surface area contributed by atoms with Crippen LogP contribution in [0, 0.1) is 0 Å². The van der Waals surface area contributed by atoms with Gasteiger partial charge >= 0.3 is 5.97 Å². The molecule has 122 valence electrons. The number of halogens is 2. The second-order valence-corrected chi connectivity index (χ2v) is 5.76. The van der Waals surface area contributed by atoms with Crippen molar-refractivity contribution in [2.24, 2.45) is 0 Å². The fourth-order valence-corrected chi connectivity index (χ4v) is 2.53. The SMILES string of the molecule is COCCCCC(=O)NC(Cc1cc(Cl)cc(Cl)c1)C(=O)O. The van der Waals surface area contributed by atoms with E-state index in [2.05, 4.69) is 5.32 Å². The molecule has 0 aliphatic heterocycles. The maximum Gasteiger partial charge on any atom is 0.326 e. The lowest BCUT2D eigenvalue weighted by molar-refractivity contribution is -0.141. The van der Waals surface area contributed by atoms with Crippen LogP contribution >= 0.6 is 23.2 Å². The van der Waals surface area contributed by atoms with Crippen molar-refractivity contribution in [2.75, 3.05) is 13.7 Å². The van der Waals surface area contributed by atoms with Gasteiger partial charge in [0.1, 0.15) is 6.04 Å². The molecule has 2 N–H and O–H groups in total. The van der Waals surface area contributed by atoms with Gasteiger partial charge in [0.2, 0.25) is 5.91 Å². The smallest absolute Gasteiger partial charge is 0.326 e. The number of amides is 1. The highest BCUT2D eigenvalue weighted by Crippen LogP contribution is 2.20. The van der Waals surface area contributed by atoms with Gasteiger partial charge in [0.25, 0.3) is 0 Å². The third-order valence-corrected chi connectivity index (χ3v) is 3.43. The molecule has 7 heteroatoms. The maximum absolute atomic E-state index is 11.8. The highest BCUT2D eigenvalue weighted by atomic mass is 35.5. The van der Waals surface area contributed by atoms with Gasteiger partial charge in [0.15, 0.2) is 0 Å². The molecule has 22 heavy (non-hydrogen) atoms. The summed E-state index contributed by atoms with van der Waals surface area (Å²) >= 11 is 11.8. The number of benzene rings is 1. The molecule has 1 aromatic rings. The Morgan fingerprint density at radius 2 is 1.86 bits per heavy atom. The van der Waals surface area contributed by atoms with Crippen LogP contribution in [0.5, 0.6) is 0 Å². The Balaban J connectivity index is 2.58. The molecule has 1 aromatic carbocycles. The Morgan fingerprint density at radius 3 is 2.41 bits per heavy atom. The van der Waals surface area contributed by atoms with Crippen molar-refractivity contribution in [1.82, 2.24) is 5.32 Å². The first-order valence-corrected chi connectivity index (χ1v) is 7.64. The van der Waals surface area contributed by atoms with E-state index in [9.17, 15) is 14.7 Å². The lowest BCUT2D eigenvalue weighted by atomic mass is 10.1. The topological polar surface area (TPSA) is 75.6 Å². The number of hydrogen-bond acceptors (Lipinski definition) is 3. The molecule has 5 nitrogen and oxygen atoms in total. The zero-order chi connectivity index (χ0) is 16.5. The Kier molecular flexibility index (Phi) is 8.24. The predicted octanol–water partition coefficient (Wildman–Crippen LogP) is 2.92. The highest BCUT2D eigenvalue weighted by Gasteiger charge is 2.20. The lowest BCUT2D eigenvalue weighted by Gasteiger charge is -2.15. The number of carboxylic acid groups (broad SMARTS) is 1. The van der Waals surface area contributed by atoms with E-state index in [1.54, 1.807) is 25.3 Å². The summed E-state index contributed by atoms with van der Waals surface area (Å²) < 4.78 is 4.89. The Morgan fingerprint density at radius 1 is 1.23 bits per heavy atom. The van der Waals surface area contributed by atoms with Crippen LogP contribution in [0.15, 0.2) is 18.2 Å². The van der Waals surface area contributed by atoms with E-state index >= 15 is 0 Å². The molecule has 0 heterocycles. The van der Waals surface area contributed by atoms with Crippen molar-refractivity contribution in [1.29, 1.82) is 0 Å². The fraction of sp³-hybridized carbons (Fsp3) is 0.467. The number of ether oxygens (including phenoxy) is 1. The van der Waals surface area contributed by atoms with Gasteiger partial charge in [0.05, 0.1) is 0 Å². The van der Waals surface area contributed by atoms with Crippen LogP contribution in [-0.2, 0) is 20.7 Å². The van der Waals surface area contributed by atoms with E-state index in [0.29, 0.717) is 28.6 Å². The minimum Gasteiger partial charge on any atom is -0.480 e. The van der Waals surface area contributed by atoms with Crippen molar-refractivity contribution in [3.8, 4) is 0 Å². The van der Waals surface area contributed by atoms with Crippen LogP contribution in [0.4, 0.5) is 0 Å².